The van der Waals surface area contributed by atoms with Gasteiger partial charge in [0, 0.05) is 46.0 Å². The largest absolute Gasteiger partial charge is 0.618 e. The van der Waals surface area contributed by atoms with Crippen molar-refractivity contribution in [3.8, 4) is 0 Å². The molecular formula is C22H17BrN2O2. The molecule has 1 atom stereocenters. The molecule has 0 amide bonds. The first-order chi connectivity index (χ1) is 13.1. The van der Waals surface area contributed by atoms with E-state index in [1.165, 1.54) is 6.20 Å². The minimum absolute atomic E-state index is 0.151. The van der Waals surface area contributed by atoms with E-state index in [0.29, 0.717) is 4.73 Å². The van der Waals surface area contributed by atoms with Crippen LogP contribution >= 0.6 is 15.9 Å². The third-order valence-corrected chi connectivity index (χ3v) is 5.25. The van der Waals surface area contributed by atoms with Crippen LogP contribution in [0.25, 0.3) is 10.9 Å². The fourth-order valence-corrected chi connectivity index (χ4v) is 3.79. The van der Waals surface area contributed by atoms with Crippen molar-refractivity contribution >= 4 is 32.6 Å². The van der Waals surface area contributed by atoms with Gasteiger partial charge in [0.1, 0.15) is 0 Å². The number of pyridine rings is 1. The summed E-state index contributed by atoms with van der Waals surface area (Å²) in [6.45, 7) is 0. The van der Waals surface area contributed by atoms with E-state index in [9.17, 15) is 10.0 Å². The number of Topliss-reactive ketones (excluding diaryl/α,β-unsaturated/α-hetero) is 1. The molecule has 0 bridgehead atoms. The molecule has 27 heavy (non-hydrogen) atoms. The highest BCUT2D eigenvalue weighted by molar-refractivity contribution is 9.10. The topological polar surface area (TPSA) is 59.8 Å². The normalized spacial score (nSPS) is 12.2. The summed E-state index contributed by atoms with van der Waals surface area (Å²) in [6.07, 6.45) is 3.53. The summed E-state index contributed by atoms with van der Waals surface area (Å²) < 4.78 is 1.62. The van der Waals surface area contributed by atoms with Gasteiger partial charge in [0.15, 0.2) is 6.20 Å². The van der Waals surface area contributed by atoms with Crippen LogP contribution in [0.5, 0.6) is 0 Å². The molecule has 1 N–H and O–H groups in total. The Morgan fingerprint density at radius 2 is 1.85 bits per heavy atom. The van der Waals surface area contributed by atoms with Gasteiger partial charge >= 0.3 is 0 Å². The molecule has 4 aromatic rings. The lowest BCUT2D eigenvalue weighted by Gasteiger charge is -2.16. The maximum absolute atomic E-state index is 12.9. The minimum Gasteiger partial charge on any atom is -0.618 e. The number of halogens is 1. The Morgan fingerprint density at radius 1 is 1.07 bits per heavy atom. The number of hydrogen-bond donors (Lipinski definition) is 1. The van der Waals surface area contributed by atoms with E-state index in [4.69, 9.17) is 0 Å². The van der Waals surface area contributed by atoms with Gasteiger partial charge in [-0.3, -0.25) is 4.79 Å². The Kier molecular flexibility index (Phi) is 4.77. The number of benzene rings is 2. The first-order valence-corrected chi connectivity index (χ1v) is 9.45. The average molecular weight is 421 g/mol. The molecule has 2 heterocycles. The molecule has 2 aromatic carbocycles. The van der Waals surface area contributed by atoms with Crippen LogP contribution in [0.4, 0.5) is 0 Å². The predicted molar refractivity (Wildman–Crippen MR) is 109 cm³/mol. The molecule has 0 aliphatic heterocycles. The molecule has 0 radical (unpaired) electrons. The molecule has 0 spiro atoms. The first kappa shape index (κ1) is 17.5. The zero-order valence-corrected chi connectivity index (χ0v) is 16.0. The van der Waals surface area contributed by atoms with E-state index in [1.54, 1.807) is 18.2 Å². The van der Waals surface area contributed by atoms with E-state index in [0.717, 1.165) is 26.5 Å². The number of aromatic nitrogens is 2. The van der Waals surface area contributed by atoms with Crippen molar-refractivity contribution in [1.82, 2.24) is 4.98 Å². The number of carbonyl (C=O) groups excluding carboxylic acids is 1. The summed E-state index contributed by atoms with van der Waals surface area (Å²) in [5.74, 6) is -0.328. The maximum atomic E-state index is 12.9. The monoisotopic (exact) mass is 420 g/mol. The van der Waals surface area contributed by atoms with Gasteiger partial charge in [0.2, 0.25) is 5.78 Å². The molecule has 2 aromatic heterocycles. The highest BCUT2D eigenvalue weighted by atomic mass is 79.9. The fourth-order valence-electron chi connectivity index (χ4n) is 3.43. The van der Waals surface area contributed by atoms with Gasteiger partial charge in [-0.25, -0.2) is 0 Å². The highest BCUT2D eigenvalue weighted by Gasteiger charge is 2.25. The number of fused-ring (bicyclic) bond motifs is 1. The number of ketones is 1. The Bertz CT molecular complexity index is 1110. The molecule has 4 rings (SSSR count). The lowest BCUT2D eigenvalue weighted by molar-refractivity contribution is -0.607. The van der Waals surface area contributed by atoms with E-state index < -0.39 is 0 Å². The van der Waals surface area contributed by atoms with E-state index in [2.05, 4.69) is 27.0 Å². The number of carbonyl (C=O) groups is 1. The van der Waals surface area contributed by atoms with Gasteiger partial charge in [0.05, 0.1) is 0 Å². The zero-order valence-electron chi connectivity index (χ0n) is 14.4. The molecule has 0 saturated carbocycles. The summed E-state index contributed by atoms with van der Waals surface area (Å²) in [5.41, 5.74) is 3.26. The molecule has 4 nitrogen and oxygen atoms in total. The van der Waals surface area contributed by atoms with Gasteiger partial charge < -0.3 is 10.2 Å². The van der Waals surface area contributed by atoms with Crippen LogP contribution in [-0.2, 0) is 0 Å². The summed E-state index contributed by atoms with van der Waals surface area (Å²) in [7, 11) is 0. The van der Waals surface area contributed by atoms with Gasteiger partial charge in [-0.1, -0.05) is 46.3 Å². The minimum atomic E-state index is -0.177. The number of rotatable bonds is 5. The molecule has 0 fully saturated rings. The van der Waals surface area contributed by atoms with Crippen LogP contribution in [0.15, 0.2) is 83.6 Å². The number of nitrogens with zero attached hydrogens (tertiary/aromatic N) is 1. The van der Waals surface area contributed by atoms with Crippen molar-refractivity contribution in [2.24, 2.45) is 0 Å². The smallest absolute Gasteiger partial charge is 0.259 e. The van der Waals surface area contributed by atoms with Crippen LogP contribution in [0.1, 0.15) is 34.0 Å². The molecular weight excluding hydrogens is 404 g/mol. The molecule has 0 aliphatic rings. The number of nitrogens with one attached hydrogen (secondary N) is 1. The lowest BCUT2D eigenvalue weighted by atomic mass is 9.86. The van der Waals surface area contributed by atoms with Gasteiger partial charge in [-0.2, -0.15) is 4.73 Å². The first-order valence-electron chi connectivity index (χ1n) is 8.66. The zero-order chi connectivity index (χ0) is 18.8. The second kappa shape index (κ2) is 7.37. The van der Waals surface area contributed by atoms with Crippen LogP contribution in [0.2, 0.25) is 0 Å². The Morgan fingerprint density at radius 3 is 2.63 bits per heavy atom. The number of hydrogen-bond acceptors (Lipinski definition) is 2. The highest BCUT2D eigenvalue weighted by Crippen LogP contribution is 2.35. The van der Waals surface area contributed by atoms with Gasteiger partial charge in [-0.15, -0.1) is 0 Å². The third-order valence-electron chi connectivity index (χ3n) is 4.75. The third kappa shape index (κ3) is 3.51. The van der Waals surface area contributed by atoms with Crippen LogP contribution in [0.3, 0.4) is 0 Å². The van der Waals surface area contributed by atoms with Gasteiger partial charge in [0.25, 0.3) is 5.69 Å². The summed E-state index contributed by atoms with van der Waals surface area (Å²) in [6, 6.07) is 20.9. The number of aromatic amines is 1. The fraction of sp³-hybridized carbons (Fsp3) is 0.0909. The van der Waals surface area contributed by atoms with Crippen molar-refractivity contribution in [3.63, 3.8) is 0 Å². The molecule has 0 unspecified atom stereocenters. The Balaban J connectivity index is 1.79. The van der Waals surface area contributed by atoms with Crippen LogP contribution < -0.4 is 4.73 Å². The van der Waals surface area contributed by atoms with Crippen molar-refractivity contribution in [2.75, 3.05) is 0 Å². The summed E-state index contributed by atoms with van der Waals surface area (Å²) in [4.78, 5) is 16.2. The summed E-state index contributed by atoms with van der Waals surface area (Å²) in [5, 5.41) is 13.1. The molecule has 5 heteroatoms. The molecule has 134 valence electrons. The van der Waals surface area contributed by atoms with E-state index >= 15 is 0 Å². The summed E-state index contributed by atoms with van der Waals surface area (Å²) >= 11 is 3.53. The van der Waals surface area contributed by atoms with Crippen molar-refractivity contribution in [3.05, 3.63) is 106 Å². The maximum Gasteiger partial charge on any atom is 0.259 e. The van der Waals surface area contributed by atoms with Gasteiger partial charge in [-0.05, 0) is 35.4 Å². The predicted octanol–water partition coefficient (Wildman–Crippen LogP) is 4.97. The number of H-pyrrole nitrogens is 1. The lowest BCUT2D eigenvalue weighted by Crippen LogP contribution is -2.34. The van der Waals surface area contributed by atoms with Crippen molar-refractivity contribution < 1.29 is 9.52 Å². The Hall–Kier alpha value is -2.92. The van der Waals surface area contributed by atoms with Crippen LogP contribution in [0, 0.1) is 5.21 Å². The molecule has 0 aliphatic carbocycles. The average Bonchev–Trinajstić information content (AvgIpc) is 3.09. The Labute approximate surface area is 165 Å². The van der Waals surface area contributed by atoms with Crippen LogP contribution in [-0.4, -0.2) is 10.8 Å². The standard InChI is InChI=1S/C22H17BrN2O2/c23-16-9-10-20-18(12-16)19(14-24-20)17(15-6-2-1-3-7-15)13-22(26)21-8-4-5-11-25(21)27/h1-12,14,17,24H,13H2/t17-/m1/s1. The van der Waals surface area contributed by atoms with E-state index in [1.807, 2.05) is 48.7 Å². The quantitative estimate of drug-likeness (QED) is 0.281. The second-order valence-electron chi connectivity index (χ2n) is 6.44. The van der Waals surface area contributed by atoms with Crippen molar-refractivity contribution in [1.29, 1.82) is 0 Å². The second-order valence-corrected chi connectivity index (χ2v) is 7.35. The molecule has 0 saturated heterocycles. The van der Waals surface area contributed by atoms with Crippen molar-refractivity contribution in [2.45, 2.75) is 12.3 Å². The van der Waals surface area contributed by atoms with E-state index in [-0.39, 0.29) is 23.8 Å². The SMILES string of the molecule is O=C(C[C@H](c1ccccc1)c1c[nH]c2ccc(Br)cc12)c1cccc[n+]1[O-].